The summed E-state index contributed by atoms with van der Waals surface area (Å²) in [7, 11) is 0. The zero-order valence-electron chi connectivity index (χ0n) is 12.6. The molecule has 3 N–H and O–H groups in total. The highest BCUT2D eigenvalue weighted by molar-refractivity contribution is 9.10. The second-order valence-electron chi connectivity index (χ2n) is 5.28. The quantitative estimate of drug-likeness (QED) is 0.829. The lowest BCUT2D eigenvalue weighted by molar-refractivity contribution is 0.102. The average molecular weight is 351 g/mol. The van der Waals surface area contributed by atoms with Gasteiger partial charge in [-0.1, -0.05) is 0 Å². The Kier molecular flexibility index (Phi) is 4.37. The van der Waals surface area contributed by atoms with E-state index in [0.29, 0.717) is 15.7 Å². The molecule has 1 aromatic carbocycles. The second-order valence-corrected chi connectivity index (χ2v) is 6.13. The van der Waals surface area contributed by atoms with E-state index in [1.54, 1.807) is 18.2 Å². The molecule has 0 aliphatic rings. The van der Waals surface area contributed by atoms with E-state index < -0.39 is 0 Å². The predicted molar refractivity (Wildman–Crippen MR) is 88.6 cm³/mol. The first-order chi connectivity index (χ1) is 9.81. The number of carbonyl (C=O) groups excluding carboxylic acids is 1. The SMILES string of the molecule is Cc1nn(C(C)C)c(C)c1NC(=O)c1cc(N)ccc1Br. The number of halogens is 1. The maximum absolute atomic E-state index is 12.4. The topological polar surface area (TPSA) is 72.9 Å². The van der Waals surface area contributed by atoms with Gasteiger partial charge in [-0.15, -0.1) is 0 Å². The Hall–Kier alpha value is -1.82. The number of hydrogen-bond acceptors (Lipinski definition) is 3. The minimum Gasteiger partial charge on any atom is -0.399 e. The fourth-order valence-electron chi connectivity index (χ4n) is 2.24. The van der Waals surface area contributed by atoms with E-state index in [-0.39, 0.29) is 11.9 Å². The van der Waals surface area contributed by atoms with Crippen molar-refractivity contribution in [1.29, 1.82) is 0 Å². The third-order valence-corrected chi connectivity index (χ3v) is 3.98. The number of benzene rings is 1. The third-order valence-electron chi connectivity index (χ3n) is 3.29. The highest BCUT2D eigenvalue weighted by Crippen LogP contribution is 2.25. The number of hydrogen-bond donors (Lipinski definition) is 2. The van der Waals surface area contributed by atoms with Gasteiger partial charge in [-0.05, 0) is 61.8 Å². The summed E-state index contributed by atoms with van der Waals surface area (Å²) in [6.45, 7) is 7.94. The molecule has 5 nitrogen and oxygen atoms in total. The minimum atomic E-state index is -0.205. The van der Waals surface area contributed by atoms with Gasteiger partial charge in [-0.25, -0.2) is 0 Å². The molecule has 0 bridgehead atoms. The Morgan fingerprint density at radius 3 is 2.62 bits per heavy atom. The molecule has 0 saturated heterocycles. The smallest absolute Gasteiger partial charge is 0.256 e. The minimum absolute atomic E-state index is 0.205. The van der Waals surface area contributed by atoms with E-state index in [9.17, 15) is 4.79 Å². The average Bonchev–Trinajstić information content (AvgIpc) is 2.69. The first-order valence-electron chi connectivity index (χ1n) is 6.73. The van der Waals surface area contributed by atoms with E-state index in [4.69, 9.17) is 5.73 Å². The van der Waals surface area contributed by atoms with Crippen molar-refractivity contribution in [2.45, 2.75) is 33.7 Å². The first kappa shape index (κ1) is 15.6. The molecule has 0 radical (unpaired) electrons. The number of nitrogens with two attached hydrogens (primary N) is 1. The maximum Gasteiger partial charge on any atom is 0.256 e. The van der Waals surface area contributed by atoms with Gasteiger partial charge in [0.15, 0.2) is 0 Å². The van der Waals surface area contributed by atoms with Crippen molar-refractivity contribution in [2.24, 2.45) is 0 Å². The largest absolute Gasteiger partial charge is 0.399 e. The molecule has 0 aliphatic heterocycles. The van der Waals surface area contributed by atoms with Crippen molar-refractivity contribution in [3.05, 3.63) is 39.6 Å². The summed E-state index contributed by atoms with van der Waals surface area (Å²) in [5.41, 5.74) is 9.30. The van der Waals surface area contributed by atoms with Crippen LogP contribution in [0.3, 0.4) is 0 Å². The lowest BCUT2D eigenvalue weighted by Gasteiger charge is -2.10. The number of nitrogens with zero attached hydrogens (tertiary/aromatic N) is 2. The maximum atomic E-state index is 12.4. The molecule has 1 heterocycles. The molecule has 0 atom stereocenters. The van der Waals surface area contributed by atoms with Gasteiger partial charge in [0.05, 0.1) is 22.6 Å². The molecule has 112 valence electrons. The van der Waals surface area contributed by atoms with Gasteiger partial charge in [0.25, 0.3) is 5.91 Å². The van der Waals surface area contributed by atoms with Crippen LogP contribution < -0.4 is 11.1 Å². The molecule has 0 saturated carbocycles. The highest BCUT2D eigenvalue weighted by Gasteiger charge is 2.18. The summed E-state index contributed by atoms with van der Waals surface area (Å²) in [4.78, 5) is 12.4. The fourth-order valence-corrected chi connectivity index (χ4v) is 2.67. The second kappa shape index (κ2) is 5.89. The van der Waals surface area contributed by atoms with Crippen LogP contribution >= 0.6 is 15.9 Å². The van der Waals surface area contributed by atoms with E-state index >= 15 is 0 Å². The van der Waals surface area contributed by atoms with Crippen molar-refractivity contribution in [1.82, 2.24) is 9.78 Å². The lowest BCUT2D eigenvalue weighted by atomic mass is 10.2. The van der Waals surface area contributed by atoms with Crippen LogP contribution in [0.4, 0.5) is 11.4 Å². The third kappa shape index (κ3) is 3.10. The number of rotatable bonds is 3. The van der Waals surface area contributed by atoms with Crippen molar-refractivity contribution < 1.29 is 4.79 Å². The van der Waals surface area contributed by atoms with Gasteiger partial charge in [0, 0.05) is 16.2 Å². The summed E-state index contributed by atoms with van der Waals surface area (Å²) in [6.07, 6.45) is 0. The van der Waals surface area contributed by atoms with Crippen molar-refractivity contribution >= 4 is 33.2 Å². The van der Waals surface area contributed by atoms with Crippen LogP contribution in [0.25, 0.3) is 0 Å². The molecule has 0 fully saturated rings. The Morgan fingerprint density at radius 2 is 2.05 bits per heavy atom. The summed E-state index contributed by atoms with van der Waals surface area (Å²) in [5, 5.41) is 7.39. The zero-order chi connectivity index (χ0) is 15.7. The normalized spacial score (nSPS) is 11.0. The molecule has 1 aromatic heterocycles. The van der Waals surface area contributed by atoms with Crippen LogP contribution in [-0.4, -0.2) is 15.7 Å². The van der Waals surface area contributed by atoms with Crippen LogP contribution in [0.5, 0.6) is 0 Å². The number of nitrogen functional groups attached to an aromatic ring is 1. The first-order valence-corrected chi connectivity index (χ1v) is 7.52. The molecular weight excluding hydrogens is 332 g/mol. The van der Waals surface area contributed by atoms with Crippen LogP contribution in [0, 0.1) is 13.8 Å². The molecular formula is C15H19BrN4O. The summed E-state index contributed by atoms with van der Waals surface area (Å²) in [6, 6.07) is 5.40. The summed E-state index contributed by atoms with van der Waals surface area (Å²) < 4.78 is 2.61. The number of amides is 1. The van der Waals surface area contributed by atoms with E-state index in [0.717, 1.165) is 17.1 Å². The number of carbonyl (C=O) groups is 1. The van der Waals surface area contributed by atoms with E-state index in [1.165, 1.54) is 0 Å². The molecule has 2 aromatic rings. The number of aromatic nitrogens is 2. The molecule has 0 unspecified atom stereocenters. The van der Waals surface area contributed by atoms with Gasteiger partial charge in [-0.3, -0.25) is 9.48 Å². The molecule has 1 amide bonds. The zero-order valence-corrected chi connectivity index (χ0v) is 14.2. The van der Waals surface area contributed by atoms with Crippen LogP contribution in [0.2, 0.25) is 0 Å². The molecule has 21 heavy (non-hydrogen) atoms. The summed E-state index contributed by atoms with van der Waals surface area (Å²) in [5.74, 6) is -0.205. The Bertz CT molecular complexity index is 691. The van der Waals surface area contributed by atoms with Crippen LogP contribution in [0.1, 0.15) is 41.6 Å². The lowest BCUT2D eigenvalue weighted by Crippen LogP contribution is -2.14. The van der Waals surface area contributed by atoms with Gasteiger partial charge in [-0.2, -0.15) is 5.10 Å². The Balaban J connectivity index is 2.34. The summed E-state index contributed by atoms with van der Waals surface area (Å²) >= 11 is 3.37. The van der Waals surface area contributed by atoms with Crippen molar-refractivity contribution in [3.8, 4) is 0 Å². The molecule has 2 rings (SSSR count). The van der Waals surface area contributed by atoms with Crippen LogP contribution in [-0.2, 0) is 0 Å². The van der Waals surface area contributed by atoms with Gasteiger partial charge >= 0.3 is 0 Å². The van der Waals surface area contributed by atoms with Gasteiger partial charge < -0.3 is 11.1 Å². The standard InChI is InChI=1S/C15H19BrN4O/c1-8(2)20-10(4)14(9(3)19-20)18-15(21)12-7-11(17)5-6-13(12)16/h5-8H,17H2,1-4H3,(H,18,21). The molecule has 0 aliphatic carbocycles. The van der Waals surface area contributed by atoms with Crippen molar-refractivity contribution in [2.75, 3.05) is 11.1 Å². The monoisotopic (exact) mass is 350 g/mol. The predicted octanol–water partition coefficient (Wildman–Crippen LogP) is 3.68. The number of aryl methyl sites for hydroxylation is 1. The van der Waals surface area contributed by atoms with Crippen molar-refractivity contribution in [3.63, 3.8) is 0 Å². The van der Waals surface area contributed by atoms with E-state index in [1.807, 2.05) is 18.5 Å². The van der Waals surface area contributed by atoms with Gasteiger partial charge in [0.2, 0.25) is 0 Å². The van der Waals surface area contributed by atoms with E-state index in [2.05, 4.69) is 40.2 Å². The number of anilines is 2. The Morgan fingerprint density at radius 1 is 1.38 bits per heavy atom. The molecule has 6 heteroatoms. The fraction of sp³-hybridized carbons (Fsp3) is 0.333. The number of nitrogens with one attached hydrogen (secondary N) is 1. The Labute approximate surface area is 132 Å². The van der Waals surface area contributed by atoms with Gasteiger partial charge in [0.1, 0.15) is 0 Å². The molecule has 0 spiro atoms. The van der Waals surface area contributed by atoms with Crippen LogP contribution in [0.15, 0.2) is 22.7 Å². The highest BCUT2D eigenvalue weighted by atomic mass is 79.9.